The van der Waals surface area contributed by atoms with Crippen molar-refractivity contribution in [3.63, 3.8) is 0 Å². The van der Waals surface area contributed by atoms with Gasteiger partial charge in [0.25, 0.3) is 0 Å². The molecule has 0 spiro atoms. The molecule has 0 saturated heterocycles. The van der Waals surface area contributed by atoms with Crippen molar-refractivity contribution in [3.8, 4) is 0 Å². The maximum Gasteiger partial charge on any atom is 0.0751 e. The molecule has 0 aliphatic rings. The van der Waals surface area contributed by atoms with E-state index in [1.54, 1.807) is 0 Å². The van der Waals surface area contributed by atoms with Gasteiger partial charge in [0.2, 0.25) is 0 Å². The third-order valence-corrected chi connectivity index (χ3v) is 3.67. The number of aliphatic hydroxyl groups excluding tert-OH is 1. The van der Waals surface area contributed by atoms with E-state index in [0.29, 0.717) is 0 Å². The minimum absolute atomic E-state index is 0.0618. The zero-order valence-electron chi connectivity index (χ0n) is 12.7. The summed E-state index contributed by atoms with van der Waals surface area (Å²) in [6, 6.07) is 16.3. The Morgan fingerprint density at radius 3 is 2.38 bits per heavy atom. The maximum absolute atomic E-state index is 9.92. The molecule has 21 heavy (non-hydrogen) atoms. The molecule has 0 bridgehead atoms. The lowest BCUT2D eigenvalue weighted by Crippen LogP contribution is -2.28. The van der Waals surface area contributed by atoms with Crippen LogP contribution in [0.5, 0.6) is 0 Å². The summed E-state index contributed by atoms with van der Waals surface area (Å²) in [6.07, 6.45) is 2.29. The number of rotatable bonds is 7. The van der Waals surface area contributed by atoms with E-state index in [1.807, 2.05) is 56.4 Å². The van der Waals surface area contributed by atoms with Crippen LogP contribution in [0.2, 0.25) is 0 Å². The second kappa shape index (κ2) is 7.91. The number of hydrogen-bond donors (Lipinski definition) is 2. The third kappa shape index (κ3) is 4.66. The van der Waals surface area contributed by atoms with Gasteiger partial charge in [0.1, 0.15) is 0 Å². The molecule has 2 rings (SSSR count). The molecule has 0 aliphatic heterocycles. The van der Waals surface area contributed by atoms with E-state index < -0.39 is 0 Å². The van der Waals surface area contributed by atoms with E-state index in [1.165, 1.54) is 5.56 Å². The molecule has 0 radical (unpaired) electrons. The summed E-state index contributed by atoms with van der Waals surface area (Å²) in [6.45, 7) is 4.84. The van der Waals surface area contributed by atoms with E-state index in [9.17, 15) is 5.11 Å². The summed E-state index contributed by atoms with van der Waals surface area (Å²) >= 11 is 0. The second-order valence-corrected chi connectivity index (χ2v) is 5.65. The smallest absolute Gasteiger partial charge is 0.0751 e. The highest BCUT2D eigenvalue weighted by Gasteiger charge is 2.15. The largest absolute Gasteiger partial charge is 0.393 e. The van der Waals surface area contributed by atoms with Crippen LogP contribution in [0.15, 0.2) is 54.7 Å². The van der Waals surface area contributed by atoms with Gasteiger partial charge in [0.15, 0.2) is 0 Å². The summed E-state index contributed by atoms with van der Waals surface area (Å²) in [5.74, 6) is 0.289. The predicted octanol–water partition coefficient (Wildman–Crippen LogP) is 3.17. The minimum atomic E-state index is -0.266. The zero-order valence-corrected chi connectivity index (χ0v) is 12.7. The van der Waals surface area contributed by atoms with E-state index in [0.717, 1.165) is 18.7 Å². The van der Waals surface area contributed by atoms with Crippen LogP contribution in [0, 0.1) is 5.92 Å². The van der Waals surface area contributed by atoms with Crippen molar-refractivity contribution in [2.75, 3.05) is 6.54 Å². The molecule has 0 fully saturated rings. The van der Waals surface area contributed by atoms with Crippen LogP contribution in [-0.2, 0) is 0 Å². The predicted molar refractivity (Wildman–Crippen MR) is 86.0 cm³/mol. The van der Waals surface area contributed by atoms with Crippen LogP contribution in [0.4, 0.5) is 0 Å². The number of nitrogens with zero attached hydrogens (tertiary/aromatic N) is 1. The van der Waals surface area contributed by atoms with Crippen LogP contribution in [0.1, 0.15) is 37.6 Å². The van der Waals surface area contributed by atoms with E-state index in [4.69, 9.17) is 0 Å². The first-order chi connectivity index (χ1) is 10.2. The standard InChI is InChI=1S/C18H24N2O/c1-14(2)17(21)11-13-20-18(15-8-4-3-5-9-15)16-10-6-7-12-19-16/h3-10,12,14,17-18,20-21H,11,13H2,1-2H3. The normalized spacial score (nSPS) is 14.1. The zero-order chi connectivity index (χ0) is 15.1. The second-order valence-electron chi connectivity index (χ2n) is 5.65. The molecule has 2 aromatic rings. The number of aliphatic hydroxyl groups is 1. The Morgan fingerprint density at radius 2 is 1.76 bits per heavy atom. The third-order valence-electron chi connectivity index (χ3n) is 3.67. The molecular weight excluding hydrogens is 260 g/mol. The Balaban J connectivity index is 2.07. The molecule has 3 nitrogen and oxygen atoms in total. The number of nitrogens with one attached hydrogen (secondary N) is 1. The van der Waals surface area contributed by atoms with Gasteiger partial charge in [-0.05, 0) is 36.6 Å². The van der Waals surface area contributed by atoms with Crippen molar-refractivity contribution >= 4 is 0 Å². The van der Waals surface area contributed by atoms with Gasteiger partial charge in [-0.3, -0.25) is 4.98 Å². The van der Waals surface area contributed by atoms with Gasteiger partial charge in [-0.15, -0.1) is 0 Å². The molecular formula is C18H24N2O. The van der Waals surface area contributed by atoms with Gasteiger partial charge in [-0.25, -0.2) is 0 Å². The number of hydrogen-bond acceptors (Lipinski definition) is 3. The monoisotopic (exact) mass is 284 g/mol. The lowest BCUT2D eigenvalue weighted by molar-refractivity contribution is 0.115. The first kappa shape index (κ1) is 15.7. The lowest BCUT2D eigenvalue weighted by Gasteiger charge is -2.21. The fraction of sp³-hybridized carbons (Fsp3) is 0.389. The number of pyridine rings is 1. The Labute approximate surface area is 127 Å². The van der Waals surface area contributed by atoms with Crippen molar-refractivity contribution in [3.05, 3.63) is 66.0 Å². The highest BCUT2D eigenvalue weighted by atomic mass is 16.3. The van der Waals surface area contributed by atoms with Gasteiger partial charge in [-0.1, -0.05) is 50.2 Å². The Kier molecular flexibility index (Phi) is 5.90. The van der Waals surface area contributed by atoms with Gasteiger partial charge in [0, 0.05) is 6.20 Å². The Hall–Kier alpha value is -1.71. The van der Waals surface area contributed by atoms with Gasteiger partial charge < -0.3 is 10.4 Å². The summed E-state index contributed by atoms with van der Waals surface area (Å²) in [5, 5.41) is 13.4. The molecule has 0 amide bonds. The van der Waals surface area contributed by atoms with Crippen molar-refractivity contribution < 1.29 is 5.11 Å². The summed E-state index contributed by atoms with van der Waals surface area (Å²) in [7, 11) is 0. The van der Waals surface area contributed by atoms with Crippen molar-refractivity contribution in [1.82, 2.24) is 10.3 Å². The molecule has 1 aromatic carbocycles. The molecule has 2 atom stereocenters. The highest BCUT2D eigenvalue weighted by molar-refractivity contribution is 5.27. The average Bonchev–Trinajstić information content (AvgIpc) is 2.53. The van der Waals surface area contributed by atoms with Gasteiger partial charge in [-0.2, -0.15) is 0 Å². The van der Waals surface area contributed by atoms with Crippen molar-refractivity contribution in [2.45, 2.75) is 32.4 Å². The van der Waals surface area contributed by atoms with Crippen LogP contribution >= 0.6 is 0 Å². The van der Waals surface area contributed by atoms with Crippen molar-refractivity contribution in [2.24, 2.45) is 5.92 Å². The Morgan fingerprint density at radius 1 is 1.05 bits per heavy atom. The summed E-state index contributed by atoms with van der Waals surface area (Å²) < 4.78 is 0. The first-order valence-corrected chi connectivity index (χ1v) is 7.56. The molecule has 3 heteroatoms. The van der Waals surface area contributed by atoms with Crippen LogP contribution in [0.25, 0.3) is 0 Å². The number of benzene rings is 1. The van der Waals surface area contributed by atoms with E-state index in [-0.39, 0.29) is 18.1 Å². The van der Waals surface area contributed by atoms with Crippen LogP contribution in [-0.4, -0.2) is 22.7 Å². The molecule has 112 valence electrons. The SMILES string of the molecule is CC(C)C(O)CCNC(c1ccccc1)c1ccccn1. The average molecular weight is 284 g/mol. The maximum atomic E-state index is 9.92. The fourth-order valence-corrected chi connectivity index (χ4v) is 2.29. The van der Waals surface area contributed by atoms with Crippen molar-refractivity contribution in [1.29, 1.82) is 0 Å². The lowest BCUT2D eigenvalue weighted by atomic mass is 10.0. The first-order valence-electron chi connectivity index (χ1n) is 7.56. The highest BCUT2D eigenvalue weighted by Crippen LogP contribution is 2.20. The molecule has 0 aliphatic carbocycles. The van der Waals surface area contributed by atoms with E-state index >= 15 is 0 Å². The minimum Gasteiger partial charge on any atom is -0.393 e. The molecule has 1 heterocycles. The molecule has 2 unspecified atom stereocenters. The van der Waals surface area contributed by atoms with Gasteiger partial charge in [0.05, 0.1) is 17.8 Å². The van der Waals surface area contributed by atoms with Gasteiger partial charge >= 0.3 is 0 Å². The molecule has 0 saturated carbocycles. The van der Waals surface area contributed by atoms with E-state index in [2.05, 4.69) is 22.4 Å². The summed E-state index contributed by atoms with van der Waals surface area (Å²) in [4.78, 5) is 4.46. The quantitative estimate of drug-likeness (QED) is 0.821. The van der Waals surface area contributed by atoms with Crippen LogP contribution < -0.4 is 5.32 Å². The topological polar surface area (TPSA) is 45.1 Å². The number of aromatic nitrogens is 1. The molecule has 2 N–H and O–H groups in total. The Bertz CT molecular complexity index is 474. The molecule has 1 aromatic heterocycles. The fourth-order valence-electron chi connectivity index (χ4n) is 2.29. The summed E-state index contributed by atoms with van der Waals surface area (Å²) in [5.41, 5.74) is 2.19. The van der Waals surface area contributed by atoms with Crippen LogP contribution in [0.3, 0.4) is 0 Å².